The second kappa shape index (κ2) is 6.42. The van der Waals surface area contributed by atoms with E-state index in [1.54, 1.807) is 6.07 Å². The molecule has 0 spiro atoms. The Balaban J connectivity index is 2.25. The van der Waals surface area contributed by atoms with Gasteiger partial charge in [-0.05, 0) is 52.9 Å². The summed E-state index contributed by atoms with van der Waals surface area (Å²) in [6.45, 7) is -0.0482. The van der Waals surface area contributed by atoms with Crippen LogP contribution in [0.2, 0.25) is 0 Å². The molecule has 21 heavy (non-hydrogen) atoms. The van der Waals surface area contributed by atoms with Gasteiger partial charge in [-0.1, -0.05) is 0 Å². The molecule has 0 unspecified atom stereocenters. The predicted molar refractivity (Wildman–Crippen MR) is 83.7 cm³/mol. The Morgan fingerprint density at radius 1 is 1.14 bits per heavy atom. The van der Waals surface area contributed by atoms with Gasteiger partial charge in [0.15, 0.2) is 5.75 Å². The number of nitrogens with zero attached hydrogens (tertiary/aromatic N) is 2. The molecule has 104 valence electrons. The van der Waals surface area contributed by atoms with Crippen LogP contribution in [0.5, 0.6) is 5.75 Å². The van der Waals surface area contributed by atoms with E-state index >= 15 is 0 Å². The number of hydrogen-bond acceptors (Lipinski definition) is 4. The van der Waals surface area contributed by atoms with Crippen LogP contribution in [0.3, 0.4) is 0 Å². The van der Waals surface area contributed by atoms with Crippen molar-refractivity contribution in [2.24, 2.45) is 0 Å². The van der Waals surface area contributed by atoms with Crippen molar-refractivity contribution < 1.29 is 9.13 Å². The highest BCUT2D eigenvalue weighted by Gasteiger charge is 2.11. The molecule has 0 bridgehead atoms. The van der Waals surface area contributed by atoms with Gasteiger partial charge in [0.1, 0.15) is 12.4 Å². The first-order chi connectivity index (χ1) is 10.0. The quantitative estimate of drug-likeness (QED) is 0.641. The van der Waals surface area contributed by atoms with Crippen molar-refractivity contribution in [2.45, 2.75) is 6.61 Å². The molecule has 4 nitrogen and oxygen atoms in total. The maximum atomic E-state index is 13.7. The van der Waals surface area contributed by atoms with Crippen molar-refractivity contribution in [3.63, 3.8) is 0 Å². The summed E-state index contributed by atoms with van der Waals surface area (Å²) in [5.74, 6) is -0.0485. The number of hydrogen-bond donors (Lipinski definition) is 1. The van der Waals surface area contributed by atoms with Gasteiger partial charge in [0.2, 0.25) is 0 Å². The maximum Gasteiger partial charge on any atom is 0.156 e. The zero-order valence-corrected chi connectivity index (χ0v) is 12.9. The minimum Gasteiger partial charge on any atom is -0.486 e. The molecule has 0 aliphatic heterocycles. The van der Waals surface area contributed by atoms with Crippen LogP contribution in [0.1, 0.15) is 16.7 Å². The van der Waals surface area contributed by atoms with Crippen molar-refractivity contribution in [1.82, 2.24) is 0 Å². The summed E-state index contributed by atoms with van der Waals surface area (Å²) < 4.78 is 19.9. The molecule has 2 aromatic carbocycles. The van der Waals surface area contributed by atoms with Gasteiger partial charge in [-0.2, -0.15) is 10.5 Å². The zero-order valence-electron chi connectivity index (χ0n) is 10.7. The molecule has 0 fully saturated rings. The van der Waals surface area contributed by atoms with Crippen molar-refractivity contribution in [1.29, 1.82) is 10.5 Å². The highest BCUT2D eigenvalue weighted by atomic mass is 127. The van der Waals surface area contributed by atoms with Crippen LogP contribution in [0.25, 0.3) is 0 Å². The third-order valence-electron chi connectivity index (χ3n) is 2.75. The average Bonchev–Trinajstić information content (AvgIpc) is 2.47. The number of halogens is 2. The van der Waals surface area contributed by atoms with Crippen molar-refractivity contribution in [3.05, 3.63) is 56.4 Å². The third-order valence-corrected chi connectivity index (χ3v) is 3.55. The number of nitrogen functional groups attached to an aromatic ring is 1. The fourth-order valence-electron chi connectivity index (χ4n) is 1.74. The zero-order chi connectivity index (χ0) is 15.4. The van der Waals surface area contributed by atoms with Crippen LogP contribution in [-0.4, -0.2) is 0 Å². The lowest BCUT2D eigenvalue weighted by Crippen LogP contribution is -2.03. The monoisotopic (exact) mass is 393 g/mol. The van der Waals surface area contributed by atoms with Gasteiger partial charge in [0.25, 0.3) is 0 Å². The van der Waals surface area contributed by atoms with E-state index in [1.165, 1.54) is 24.3 Å². The lowest BCUT2D eigenvalue weighted by atomic mass is 10.1. The van der Waals surface area contributed by atoms with Gasteiger partial charge in [-0.25, -0.2) is 4.39 Å². The Kier molecular flexibility index (Phi) is 4.61. The Hall–Kier alpha value is -2.32. The number of anilines is 1. The Morgan fingerprint density at radius 3 is 2.48 bits per heavy atom. The molecule has 2 aromatic rings. The van der Waals surface area contributed by atoms with E-state index < -0.39 is 5.82 Å². The van der Waals surface area contributed by atoms with E-state index in [0.717, 1.165) is 0 Å². The molecule has 0 amide bonds. The Labute approximate surface area is 134 Å². The second-order valence-corrected chi connectivity index (χ2v) is 5.36. The van der Waals surface area contributed by atoms with Crippen LogP contribution >= 0.6 is 22.6 Å². The van der Waals surface area contributed by atoms with Crippen molar-refractivity contribution in [3.8, 4) is 17.9 Å². The van der Waals surface area contributed by atoms with Gasteiger partial charge in [0.05, 0.1) is 32.5 Å². The molecule has 2 N–H and O–H groups in total. The van der Waals surface area contributed by atoms with Gasteiger partial charge in [0, 0.05) is 5.56 Å². The fourth-order valence-corrected chi connectivity index (χ4v) is 2.54. The van der Waals surface area contributed by atoms with E-state index in [1.807, 2.05) is 34.7 Å². The molecule has 0 aromatic heterocycles. The third kappa shape index (κ3) is 3.41. The fraction of sp³-hybridized carbons (Fsp3) is 0.0667. The average molecular weight is 393 g/mol. The molecule has 0 atom stereocenters. The predicted octanol–water partition coefficient (Wildman–Crippen LogP) is 3.33. The standard InChI is InChI=1S/C15H9FIN3O/c16-12-2-1-9(6-18)3-11(12)8-21-15-13(17)4-10(7-19)5-14(15)20/h1-5H,8,20H2. The van der Waals surface area contributed by atoms with Gasteiger partial charge in [-0.3, -0.25) is 0 Å². The smallest absolute Gasteiger partial charge is 0.156 e. The number of nitrogens with two attached hydrogens (primary N) is 1. The summed E-state index contributed by atoms with van der Waals surface area (Å²) in [6, 6.07) is 11.1. The summed E-state index contributed by atoms with van der Waals surface area (Å²) in [7, 11) is 0. The topological polar surface area (TPSA) is 82.8 Å². The molecule has 0 aliphatic rings. The van der Waals surface area contributed by atoms with Crippen LogP contribution in [0.15, 0.2) is 30.3 Å². The molecule has 6 heteroatoms. The highest BCUT2D eigenvalue weighted by Crippen LogP contribution is 2.30. The van der Waals surface area contributed by atoms with E-state index in [2.05, 4.69) is 0 Å². The lowest BCUT2D eigenvalue weighted by molar-refractivity contribution is 0.299. The van der Waals surface area contributed by atoms with Crippen LogP contribution < -0.4 is 10.5 Å². The molecule has 0 radical (unpaired) electrons. The van der Waals surface area contributed by atoms with Gasteiger partial charge in [-0.15, -0.1) is 0 Å². The summed E-state index contributed by atoms with van der Waals surface area (Å²) >= 11 is 2.00. The van der Waals surface area contributed by atoms with Crippen LogP contribution in [-0.2, 0) is 6.61 Å². The van der Waals surface area contributed by atoms with E-state index in [9.17, 15) is 4.39 Å². The normalized spacial score (nSPS) is 9.71. The van der Waals surface area contributed by atoms with E-state index in [0.29, 0.717) is 26.1 Å². The maximum absolute atomic E-state index is 13.7. The number of benzene rings is 2. The largest absolute Gasteiger partial charge is 0.486 e. The molecular formula is C15H9FIN3O. The first-order valence-electron chi connectivity index (χ1n) is 5.85. The first-order valence-corrected chi connectivity index (χ1v) is 6.93. The number of nitriles is 2. The minimum atomic E-state index is -0.448. The summed E-state index contributed by atoms with van der Waals surface area (Å²) in [5, 5.41) is 17.7. The highest BCUT2D eigenvalue weighted by molar-refractivity contribution is 14.1. The lowest BCUT2D eigenvalue weighted by Gasteiger charge is -2.12. The van der Waals surface area contributed by atoms with E-state index in [-0.39, 0.29) is 12.2 Å². The minimum absolute atomic E-state index is 0.0482. The van der Waals surface area contributed by atoms with Gasteiger partial charge >= 0.3 is 0 Å². The van der Waals surface area contributed by atoms with E-state index in [4.69, 9.17) is 21.0 Å². The number of ether oxygens (including phenoxy) is 1. The molecule has 0 aliphatic carbocycles. The summed E-state index contributed by atoms with van der Waals surface area (Å²) in [5.41, 5.74) is 7.21. The molecule has 0 saturated carbocycles. The number of rotatable bonds is 3. The molecule has 0 heterocycles. The van der Waals surface area contributed by atoms with Crippen LogP contribution in [0.4, 0.5) is 10.1 Å². The molecular weight excluding hydrogens is 384 g/mol. The second-order valence-electron chi connectivity index (χ2n) is 4.19. The summed E-state index contributed by atoms with van der Waals surface area (Å²) in [6.07, 6.45) is 0. The Morgan fingerprint density at radius 2 is 1.86 bits per heavy atom. The van der Waals surface area contributed by atoms with Crippen molar-refractivity contribution in [2.75, 3.05) is 5.73 Å². The first kappa shape index (κ1) is 15.1. The van der Waals surface area contributed by atoms with Gasteiger partial charge < -0.3 is 10.5 Å². The summed E-state index contributed by atoms with van der Waals surface area (Å²) in [4.78, 5) is 0. The molecule has 0 saturated heterocycles. The Bertz CT molecular complexity index is 754. The SMILES string of the molecule is N#Cc1cc(N)c(OCc2cc(C#N)ccc2F)c(I)c1. The van der Waals surface area contributed by atoms with Crippen molar-refractivity contribution >= 4 is 28.3 Å². The van der Waals surface area contributed by atoms with Crippen LogP contribution in [0, 0.1) is 32.0 Å². The molecule has 2 rings (SSSR count).